The van der Waals surface area contributed by atoms with Crippen molar-refractivity contribution in [3.63, 3.8) is 0 Å². The molecule has 1 unspecified atom stereocenters. The van der Waals surface area contributed by atoms with Gasteiger partial charge in [0.15, 0.2) is 0 Å². The van der Waals surface area contributed by atoms with Gasteiger partial charge in [0.05, 0.1) is 5.30 Å². The van der Waals surface area contributed by atoms with Crippen LogP contribution in [0.15, 0.2) is 30.3 Å². The Morgan fingerprint density at radius 3 is 1.87 bits per heavy atom. The standard InChI is InChI=1S/C27H39O3P/c1-10-25(4,5)18-13-14-20-21-15-19(26(6,7)11-2)16-22(27(8,9)12-3)24(21)31(28,29)30-23(20)17-18/h13-17H,10-12H2,1-9H3,(H,28,29). The molecular weight excluding hydrogens is 403 g/mol. The molecule has 170 valence electrons. The van der Waals surface area contributed by atoms with Crippen LogP contribution in [-0.4, -0.2) is 4.89 Å². The molecule has 0 amide bonds. The van der Waals surface area contributed by atoms with Crippen LogP contribution in [0.3, 0.4) is 0 Å². The third kappa shape index (κ3) is 4.12. The first kappa shape index (κ1) is 24.1. The van der Waals surface area contributed by atoms with E-state index in [2.05, 4.69) is 86.6 Å². The molecule has 1 heterocycles. The van der Waals surface area contributed by atoms with E-state index in [1.165, 1.54) is 5.56 Å². The molecule has 1 aliphatic rings. The molecule has 1 atom stereocenters. The van der Waals surface area contributed by atoms with Gasteiger partial charge < -0.3 is 9.42 Å². The maximum Gasteiger partial charge on any atom is 0.409 e. The van der Waals surface area contributed by atoms with Gasteiger partial charge in [0.2, 0.25) is 0 Å². The fourth-order valence-electron chi connectivity index (χ4n) is 4.07. The summed E-state index contributed by atoms with van der Waals surface area (Å²) in [6.45, 7) is 19.6. The molecule has 3 rings (SSSR count). The van der Waals surface area contributed by atoms with E-state index in [1.54, 1.807) is 0 Å². The van der Waals surface area contributed by atoms with Crippen molar-refractivity contribution in [3.05, 3.63) is 47.0 Å². The van der Waals surface area contributed by atoms with E-state index in [-0.39, 0.29) is 16.2 Å². The predicted molar refractivity (Wildman–Crippen MR) is 132 cm³/mol. The molecule has 0 aromatic heterocycles. The summed E-state index contributed by atoms with van der Waals surface area (Å²) < 4.78 is 19.5. The van der Waals surface area contributed by atoms with Crippen molar-refractivity contribution < 1.29 is 14.0 Å². The normalized spacial score (nSPS) is 18.9. The second kappa shape index (κ2) is 7.78. The number of rotatable bonds is 6. The van der Waals surface area contributed by atoms with E-state index in [9.17, 15) is 9.46 Å². The van der Waals surface area contributed by atoms with Gasteiger partial charge in [-0.1, -0.05) is 80.5 Å². The third-order valence-electron chi connectivity index (χ3n) is 7.83. The minimum absolute atomic E-state index is 0.0283. The summed E-state index contributed by atoms with van der Waals surface area (Å²) in [5, 5.41) is 0.477. The summed E-state index contributed by atoms with van der Waals surface area (Å²) in [6.07, 6.45) is 2.83. The monoisotopic (exact) mass is 442 g/mol. The van der Waals surface area contributed by atoms with Gasteiger partial charge in [0.25, 0.3) is 0 Å². The van der Waals surface area contributed by atoms with E-state index in [0.29, 0.717) is 11.1 Å². The van der Waals surface area contributed by atoms with Gasteiger partial charge in [0, 0.05) is 11.1 Å². The van der Waals surface area contributed by atoms with Crippen LogP contribution in [0, 0.1) is 0 Å². The molecule has 1 aliphatic heterocycles. The van der Waals surface area contributed by atoms with Gasteiger partial charge in [-0.25, -0.2) is 4.57 Å². The lowest BCUT2D eigenvalue weighted by Gasteiger charge is -2.36. The second-order valence-electron chi connectivity index (χ2n) is 11.0. The summed E-state index contributed by atoms with van der Waals surface area (Å²) in [6, 6.07) is 10.5. The SMILES string of the molecule is CCC(C)(C)c1ccc2c(c1)OP(=O)(O)c1c-2cc(C(C)(C)CC)cc1C(C)(C)CC. The van der Waals surface area contributed by atoms with Crippen molar-refractivity contribution >= 4 is 12.9 Å². The highest BCUT2D eigenvalue weighted by atomic mass is 31.2. The first-order valence-corrected chi connectivity index (χ1v) is 13.1. The average Bonchev–Trinajstić information content (AvgIpc) is 2.72. The molecule has 0 radical (unpaired) electrons. The topological polar surface area (TPSA) is 46.5 Å². The summed E-state index contributed by atoms with van der Waals surface area (Å²) >= 11 is 0. The van der Waals surface area contributed by atoms with E-state index < -0.39 is 7.60 Å². The molecule has 0 saturated heterocycles. The van der Waals surface area contributed by atoms with Crippen LogP contribution in [0.1, 0.15) is 98.3 Å². The highest BCUT2D eigenvalue weighted by Crippen LogP contribution is 2.55. The van der Waals surface area contributed by atoms with Crippen molar-refractivity contribution in [2.45, 2.75) is 97.8 Å². The van der Waals surface area contributed by atoms with Crippen LogP contribution in [0.4, 0.5) is 0 Å². The zero-order chi connectivity index (χ0) is 23.4. The summed E-state index contributed by atoms with van der Waals surface area (Å²) in [5.74, 6) is 0.518. The molecule has 0 saturated carbocycles. The Labute approximate surface area is 188 Å². The summed E-state index contributed by atoms with van der Waals surface area (Å²) in [4.78, 5) is 11.1. The Kier molecular flexibility index (Phi) is 6.04. The Balaban J connectivity index is 2.40. The van der Waals surface area contributed by atoms with Crippen LogP contribution in [-0.2, 0) is 20.8 Å². The van der Waals surface area contributed by atoms with Gasteiger partial charge in [0.1, 0.15) is 5.75 Å². The Morgan fingerprint density at radius 1 is 0.774 bits per heavy atom. The number of fused-ring (bicyclic) bond motifs is 3. The zero-order valence-electron chi connectivity index (χ0n) is 20.7. The van der Waals surface area contributed by atoms with Crippen molar-refractivity contribution in [2.75, 3.05) is 0 Å². The van der Waals surface area contributed by atoms with Gasteiger partial charge >= 0.3 is 7.60 Å². The van der Waals surface area contributed by atoms with E-state index in [1.807, 2.05) is 6.07 Å². The minimum atomic E-state index is -4.02. The maximum absolute atomic E-state index is 13.6. The molecule has 0 fully saturated rings. The lowest BCUT2D eigenvalue weighted by atomic mass is 9.75. The number of hydrogen-bond acceptors (Lipinski definition) is 2. The van der Waals surface area contributed by atoms with Crippen LogP contribution < -0.4 is 9.83 Å². The molecule has 0 spiro atoms. The Hall–Kier alpha value is -1.57. The molecule has 0 aliphatic carbocycles. The fraction of sp³-hybridized carbons (Fsp3) is 0.556. The van der Waals surface area contributed by atoms with Gasteiger partial charge in [-0.3, -0.25) is 0 Å². The molecule has 3 nitrogen and oxygen atoms in total. The first-order valence-electron chi connectivity index (χ1n) is 11.6. The van der Waals surface area contributed by atoms with Crippen molar-refractivity contribution in [2.24, 2.45) is 0 Å². The first-order chi connectivity index (χ1) is 14.2. The molecule has 2 aromatic rings. The van der Waals surface area contributed by atoms with Crippen LogP contribution in [0.2, 0.25) is 0 Å². The highest BCUT2D eigenvalue weighted by Gasteiger charge is 2.41. The maximum atomic E-state index is 13.6. The number of benzene rings is 2. The van der Waals surface area contributed by atoms with E-state index >= 15 is 0 Å². The highest BCUT2D eigenvalue weighted by molar-refractivity contribution is 7.62. The van der Waals surface area contributed by atoms with Gasteiger partial charge in [-0.05, 0) is 64.3 Å². The third-order valence-corrected chi connectivity index (χ3v) is 9.32. The van der Waals surface area contributed by atoms with Crippen LogP contribution in [0.5, 0.6) is 5.75 Å². The summed E-state index contributed by atoms with van der Waals surface area (Å²) in [5.41, 5.74) is 4.71. The van der Waals surface area contributed by atoms with Gasteiger partial charge in [-0.2, -0.15) is 0 Å². The van der Waals surface area contributed by atoms with Crippen molar-refractivity contribution in [1.82, 2.24) is 0 Å². The Morgan fingerprint density at radius 2 is 1.32 bits per heavy atom. The summed E-state index contributed by atoms with van der Waals surface area (Å²) in [7, 11) is -4.02. The largest absolute Gasteiger partial charge is 0.421 e. The van der Waals surface area contributed by atoms with Crippen molar-refractivity contribution in [1.29, 1.82) is 0 Å². The smallest absolute Gasteiger partial charge is 0.409 e. The van der Waals surface area contributed by atoms with Crippen LogP contribution >= 0.6 is 7.60 Å². The molecule has 2 aromatic carbocycles. The van der Waals surface area contributed by atoms with E-state index in [4.69, 9.17) is 4.52 Å². The molecule has 0 bridgehead atoms. The molecular formula is C27H39O3P. The number of hydrogen-bond donors (Lipinski definition) is 1. The molecule has 1 N–H and O–H groups in total. The van der Waals surface area contributed by atoms with Crippen molar-refractivity contribution in [3.8, 4) is 16.9 Å². The zero-order valence-corrected chi connectivity index (χ0v) is 21.6. The Bertz CT molecular complexity index is 1050. The van der Waals surface area contributed by atoms with Crippen LogP contribution in [0.25, 0.3) is 11.1 Å². The second-order valence-corrected chi connectivity index (χ2v) is 12.6. The molecule has 4 heteroatoms. The van der Waals surface area contributed by atoms with E-state index in [0.717, 1.165) is 41.5 Å². The quantitative estimate of drug-likeness (QED) is 0.468. The molecule has 31 heavy (non-hydrogen) atoms. The predicted octanol–water partition coefficient (Wildman–Crippen LogP) is 7.62. The lowest BCUT2D eigenvalue weighted by molar-refractivity contribution is 0.389. The minimum Gasteiger partial charge on any atom is -0.421 e. The van der Waals surface area contributed by atoms with Gasteiger partial charge in [-0.15, -0.1) is 0 Å². The average molecular weight is 443 g/mol. The lowest BCUT2D eigenvalue weighted by Crippen LogP contribution is -2.31. The fourth-order valence-corrected chi connectivity index (χ4v) is 5.74.